The third-order valence-corrected chi connectivity index (χ3v) is 3.81. The molecule has 0 bridgehead atoms. The molecule has 1 aromatic carbocycles. The van der Waals surface area contributed by atoms with Gasteiger partial charge in [0, 0.05) is 5.56 Å². The zero-order chi connectivity index (χ0) is 14.5. The zero-order valence-electron chi connectivity index (χ0n) is 12.4. The maximum atomic E-state index is 12.2. The van der Waals surface area contributed by atoms with E-state index in [0.717, 1.165) is 31.2 Å². The predicted molar refractivity (Wildman–Crippen MR) is 76.6 cm³/mol. The lowest BCUT2D eigenvalue weighted by molar-refractivity contribution is 0.0210. The van der Waals surface area contributed by atoms with Crippen molar-refractivity contribution in [1.82, 2.24) is 0 Å². The monoisotopic (exact) mass is 278 g/mol. The van der Waals surface area contributed by atoms with Crippen molar-refractivity contribution < 1.29 is 19.0 Å². The van der Waals surface area contributed by atoms with Crippen molar-refractivity contribution in [2.75, 3.05) is 14.2 Å². The van der Waals surface area contributed by atoms with E-state index in [0.29, 0.717) is 17.1 Å². The van der Waals surface area contributed by atoms with Gasteiger partial charge in [0.15, 0.2) is 0 Å². The van der Waals surface area contributed by atoms with E-state index in [2.05, 4.69) is 0 Å². The highest BCUT2D eigenvalue weighted by Gasteiger charge is 2.20. The van der Waals surface area contributed by atoms with Crippen LogP contribution in [0.3, 0.4) is 0 Å². The van der Waals surface area contributed by atoms with Crippen molar-refractivity contribution in [1.29, 1.82) is 0 Å². The van der Waals surface area contributed by atoms with Crippen LogP contribution in [-0.2, 0) is 4.74 Å². The molecule has 0 atom stereocenters. The number of hydrogen-bond donors (Lipinski definition) is 0. The normalized spacial score (nSPS) is 15.8. The molecular formula is C16H22O4. The molecule has 0 N–H and O–H groups in total. The first-order chi connectivity index (χ1) is 9.65. The minimum atomic E-state index is -0.298. The van der Waals surface area contributed by atoms with Gasteiger partial charge in [-0.25, -0.2) is 4.79 Å². The standard InChI is InChI=1S/C16H22O4/c1-11-14(18-2)9-12(10-15(11)19-3)16(17)20-13-7-5-4-6-8-13/h9-10,13H,4-8H2,1-3H3. The van der Waals surface area contributed by atoms with Crippen molar-refractivity contribution >= 4 is 5.97 Å². The summed E-state index contributed by atoms with van der Waals surface area (Å²) in [6.07, 6.45) is 5.49. The van der Waals surface area contributed by atoms with Gasteiger partial charge < -0.3 is 14.2 Å². The molecule has 1 fully saturated rings. The second-order valence-corrected chi connectivity index (χ2v) is 5.17. The molecule has 4 nitrogen and oxygen atoms in total. The second kappa shape index (κ2) is 6.64. The first kappa shape index (κ1) is 14.7. The molecule has 0 spiro atoms. The number of carbonyl (C=O) groups excluding carboxylic acids is 1. The Bertz CT molecular complexity index is 450. The quantitative estimate of drug-likeness (QED) is 0.791. The lowest BCUT2D eigenvalue weighted by Gasteiger charge is -2.22. The van der Waals surface area contributed by atoms with Crippen LogP contribution in [0.2, 0.25) is 0 Å². The molecule has 1 aromatic rings. The van der Waals surface area contributed by atoms with E-state index in [1.54, 1.807) is 26.4 Å². The minimum Gasteiger partial charge on any atom is -0.496 e. The molecule has 0 heterocycles. The summed E-state index contributed by atoms with van der Waals surface area (Å²) in [5.74, 6) is 0.980. The Kier molecular flexibility index (Phi) is 4.88. The molecule has 0 radical (unpaired) electrons. The summed E-state index contributed by atoms with van der Waals surface area (Å²) in [7, 11) is 3.16. The average molecular weight is 278 g/mol. The van der Waals surface area contributed by atoms with Crippen LogP contribution < -0.4 is 9.47 Å². The predicted octanol–water partition coefficient (Wildman–Crippen LogP) is 3.50. The van der Waals surface area contributed by atoms with Crippen LogP contribution in [0.25, 0.3) is 0 Å². The third kappa shape index (κ3) is 3.24. The summed E-state index contributed by atoms with van der Waals surface area (Å²) in [5, 5.41) is 0. The van der Waals surface area contributed by atoms with E-state index >= 15 is 0 Å². The fraction of sp³-hybridized carbons (Fsp3) is 0.562. The number of esters is 1. The number of carbonyl (C=O) groups is 1. The molecule has 0 aliphatic heterocycles. The maximum Gasteiger partial charge on any atom is 0.338 e. The zero-order valence-corrected chi connectivity index (χ0v) is 12.4. The van der Waals surface area contributed by atoms with E-state index in [9.17, 15) is 4.79 Å². The minimum absolute atomic E-state index is 0.0505. The van der Waals surface area contributed by atoms with Gasteiger partial charge in [0.1, 0.15) is 17.6 Å². The number of benzene rings is 1. The molecule has 1 aliphatic carbocycles. The fourth-order valence-electron chi connectivity index (χ4n) is 2.61. The Morgan fingerprint density at radius 1 is 1.05 bits per heavy atom. The number of methoxy groups -OCH3 is 2. The molecule has 0 unspecified atom stereocenters. The molecular weight excluding hydrogens is 256 g/mol. The Morgan fingerprint density at radius 2 is 1.60 bits per heavy atom. The molecule has 1 aliphatic rings. The summed E-state index contributed by atoms with van der Waals surface area (Å²) in [6, 6.07) is 3.42. The molecule has 4 heteroatoms. The van der Waals surface area contributed by atoms with E-state index in [-0.39, 0.29) is 12.1 Å². The lowest BCUT2D eigenvalue weighted by Crippen LogP contribution is -2.21. The summed E-state index contributed by atoms with van der Waals surface area (Å²) in [4.78, 5) is 12.2. The highest BCUT2D eigenvalue weighted by Crippen LogP contribution is 2.30. The molecule has 0 aromatic heterocycles. The highest BCUT2D eigenvalue weighted by atomic mass is 16.5. The Hall–Kier alpha value is -1.71. The highest BCUT2D eigenvalue weighted by molar-refractivity contribution is 5.91. The van der Waals surface area contributed by atoms with Crippen LogP contribution in [-0.4, -0.2) is 26.3 Å². The van der Waals surface area contributed by atoms with Crippen LogP contribution in [0.5, 0.6) is 11.5 Å². The molecule has 110 valence electrons. The Morgan fingerprint density at radius 3 is 2.10 bits per heavy atom. The van der Waals surface area contributed by atoms with Crippen LogP contribution in [0.4, 0.5) is 0 Å². The summed E-state index contributed by atoms with van der Waals surface area (Å²) in [5.41, 5.74) is 1.36. The topological polar surface area (TPSA) is 44.8 Å². The molecule has 0 saturated heterocycles. The van der Waals surface area contributed by atoms with E-state index < -0.39 is 0 Å². The molecule has 2 rings (SSSR count). The molecule has 1 saturated carbocycles. The maximum absolute atomic E-state index is 12.2. The Labute approximate surface area is 120 Å². The number of ether oxygens (including phenoxy) is 3. The molecule has 0 amide bonds. The van der Waals surface area contributed by atoms with Gasteiger partial charge in [-0.15, -0.1) is 0 Å². The lowest BCUT2D eigenvalue weighted by atomic mass is 9.98. The summed E-state index contributed by atoms with van der Waals surface area (Å²) >= 11 is 0. The van der Waals surface area contributed by atoms with Gasteiger partial charge in [-0.1, -0.05) is 6.42 Å². The van der Waals surface area contributed by atoms with Gasteiger partial charge >= 0.3 is 5.97 Å². The van der Waals surface area contributed by atoms with Gasteiger partial charge in [-0.3, -0.25) is 0 Å². The van der Waals surface area contributed by atoms with Crippen LogP contribution in [0, 0.1) is 6.92 Å². The third-order valence-electron chi connectivity index (χ3n) is 3.81. The number of rotatable bonds is 4. The van der Waals surface area contributed by atoms with Gasteiger partial charge in [0.25, 0.3) is 0 Å². The van der Waals surface area contributed by atoms with Crippen molar-refractivity contribution in [3.63, 3.8) is 0 Å². The van der Waals surface area contributed by atoms with Crippen LogP contribution in [0.15, 0.2) is 12.1 Å². The van der Waals surface area contributed by atoms with Gasteiger partial charge in [-0.2, -0.15) is 0 Å². The summed E-state index contributed by atoms with van der Waals surface area (Å²) in [6.45, 7) is 1.90. The second-order valence-electron chi connectivity index (χ2n) is 5.17. The van der Waals surface area contributed by atoms with E-state index in [1.165, 1.54) is 6.42 Å². The van der Waals surface area contributed by atoms with Crippen molar-refractivity contribution in [3.8, 4) is 11.5 Å². The first-order valence-corrected chi connectivity index (χ1v) is 7.09. The fourth-order valence-corrected chi connectivity index (χ4v) is 2.61. The van der Waals surface area contributed by atoms with Crippen molar-refractivity contribution in [2.45, 2.75) is 45.1 Å². The van der Waals surface area contributed by atoms with Crippen LogP contribution in [0.1, 0.15) is 48.0 Å². The van der Waals surface area contributed by atoms with Gasteiger partial charge in [0.05, 0.1) is 19.8 Å². The van der Waals surface area contributed by atoms with E-state index in [1.807, 2.05) is 6.92 Å². The first-order valence-electron chi connectivity index (χ1n) is 7.09. The number of hydrogen-bond acceptors (Lipinski definition) is 4. The van der Waals surface area contributed by atoms with E-state index in [4.69, 9.17) is 14.2 Å². The SMILES string of the molecule is COc1cc(C(=O)OC2CCCCC2)cc(OC)c1C. The van der Waals surface area contributed by atoms with Gasteiger partial charge in [0.2, 0.25) is 0 Å². The Balaban J connectivity index is 2.16. The van der Waals surface area contributed by atoms with Crippen molar-refractivity contribution in [2.24, 2.45) is 0 Å². The average Bonchev–Trinajstić information content (AvgIpc) is 2.48. The van der Waals surface area contributed by atoms with Crippen molar-refractivity contribution in [3.05, 3.63) is 23.3 Å². The molecule has 20 heavy (non-hydrogen) atoms. The smallest absolute Gasteiger partial charge is 0.338 e. The largest absolute Gasteiger partial charge is 0.496 e. The van der Waals surface area contributed by atoms with Crippen LogP contribution >= 0.6 is 0 Å². The summed E-state index contributed by atoms with van der Waals surface area (Å²) < 4.78 is 16.1. The van der Waals surface area contributed by atoms with Gasteiger partial charge in [-0.05, 0) is 44.7 Å².